The van der Waals surface area contributed by atoms with Gasteiger partial charge in [0, 0.05) is 18.8 Å². The highest BCUT2D eigenvalue weighted by Crippen LogP contribution is 2.31. The third kappa shape index (κ3) is 11.0. The molecule has 3 aromatic rings. The molecule has 1 aromatic heterocycles. The standard InChI is InChI=1S/C36H47N5O12/c1-21(2)18-25(39-35(49)52-20-23-8-5-4-6-9-23)32(46)38-16-7-15-37-27(34(47)48)28(43)31-29(44)30(45)33(53-31)40-17-14-26(42)41(36(40)50)19-22-10-12-24(51-3)13-11-22/h4-6,8-14,17,21,25,27-31,33,37,43-45H,7,15-16,18-20H2,1-3H3,(H,38,46)(H,39,49)(H,47,48)/t25-,27+,28-,29+,30-,31?,33-/m1/s1. The summed E-state index contributed by atoms with van der Waals surface area (Å²) >= 11 is 0. The molecule has 1 aliphatic heterocycles. The number of ether oxygens (including phenoxy) is 3. The summed E-state index contributed by atoms with van der Waals surface area (Å²) in [6.07, 6.45) is -7.82. The number of carboxylic acids is 1. The number of aliphatic hydroxyl groups is 3. The molecular weight excluding hydrogens is 694 g/mol. The van der Waals surface area contributed by atoms with Crippen molar-refractivity contribution < 1.29 is 49.0 Å². The maximum atomic E-state index is 13.4. The number of aliphatic hydroxyl groups excluding tert-OH is 3. The maximum absolute atomic E-state index is 13.4. The molecule has 1 aliphatic rings. The van der Waals surface area contributed by atoms with Crippen molar-refractivity contribution >= 4 is 18.0 Å². The van der Waals surface area contributed by atoms with Crippen LogP contribution in [0.5, 0.6) is 5.75 Å². The molecule has 0 saturated carbocycles. The van der Waals surface area contributed by atoms with Crippen LogP contribution in [0.3, 0.4) is 0 Å². The average molecular weight is 742 g/mol. The molecule has 17 heteroatoms. The van der Waals surface area contributed by atoms with Crippen molar-refractivity contribution in [3.63, 3.8) is 0 Å². The lowest BCUT2D eigenvalue weighted by Gasteiger charge is -2.27. The lowest BCUT2D eigenvalue weighted by Crippen LogP contribution is -2.54. The Labute approximate surface area is 305 Å². The van der Waals surface area contributed by atoms with E-state index in [0.29, 0.717) is 17.7 Å². The van der Waals surface area contributed by atoms with Crippen LogP contribution in [0.25, 0.3) is 0 Å². The van der Waals surface area contributed by atoms with Gasteiger partial charge in [0.05, 0.1) is 13.7 Å². The van der Waals surface area contributed by atoms with Gasteiger partial charge in [0.25, 0.3) is 5.56 Å². The SMILES string of the molecule is COc1ccc(Cn2c(=O)ccn([C@@H]3OC([C@H](O)[C@H](NCCCNC(=O)[C@@H](CC(C)C)NC(=O)OCc4ccccc4)C(=O)O)[C@@H](O)[C@H]3O)c2=O)cc1. The molecule has 288 valence electrons. The number of carboxylic acid groups (broad SMARTS) is 1. The van der Waals surface area contributed by atoms with Crippen molar-refractivity contribution in [2.24, 2.45) is 5.92 Å². The van der Waals surface area contributed by atoms with E-state index in [4.69, 9.17) is 14.2 Å². The summed E-state index contributed by atoms with van der Waals surface area (Å²) in [6, 6.07) is 14.2. The molecule has 1 saturated heterocycles. The first-order valence-electron chi connectivity index (χ1n) is 17.2. The van der Waals surface area contributed by atoms with Gasteiger partial charge in [-0.15, -0.1) is 0 Å². The number of amides is 2. The van der Waals surface area contributed by atoms with Gasteiger partial charge in [0.15, 0.2) is 6.23 Å². The Balaban J connectivity index is 1.32. The molecular formula is C36H47N5O12. The van der Waals surface area contributed by atoms with Crippen molar-refractivity contribution in [2.45, 2.75) is 82.6 Å². The van der Waals surface area contributed by atoms with E-state index < -0.39 is 71.9 Å². The predicted octanol–water partition coefficient (Wildman–Crippen LogP) is -0.0628. The van der Waals surface area contributed by atoms with Crippen molar-refractivity contribution in [1.29, 1.82) is 0 Å². The van der Waals surface area contributed by atoms with Gasteiger partial charge in [-0.25, -0.2) is 9.59 Å². The molecule has 17 nitrogen and oxygen atoms in total. The summed E-state index contributed by atoms with van der Waals surface area (Å²) < 4.78 is 17.8. The summed E-state index contributed by atoms with van der Waals surface area (Å²) in [5.41, 5.74) is -0.115. The first-order chi connectivity index (χ1) is 25.3. The van der Waals surface area contributed by atoms with Gasteiger partial charge in [-0.2, -0.15) is 0 Å². The quantitative estimate of drug-likeness (QED) is 0.0847. The zero-order valence-corrected chi connectivity index (χ0v) is 29.7. The number of aliphatic carboxylic acids is 1. The summed E-state index contributed by atoms with van der Waals surface area (Å²) in [4.78, 5) is 63.4. The number of alkyl carbamates (subject to hydrolysis) is 1. The molecule has 1 unspecified atom stereocenters. The molecule has 2 aromatic carbocycles. The summed E-state index contributed by atoms with van der Waals surface area (Å²) in [6.45, 7) is 3.77. The van der Waals surface area contributed by atoms with Crippen LogP contribution in [0, 0.1) is 5.92 Å². The van der Waals surface area contributed by atoms with Crippen molar-refractivity contribution in [1.82, 2.24) is 25.1 Å². The molecule has 53 heavy (non-hydrogen) atoms. The van der Waals surface area contributed by atoms with E-state index in [0.717, 1.165) is 27.0 Å². The second kappa shape index (κ2) is 19.1. The Kier molecular flexibility index (Phi) is 14.7. The third-order valence-corrected chi connectivity index (χ3v) is 8.63. The number of hydrogen-bond acceptors (Lipinski definition) is 12. The second-order valence-corrected chi connectivity index (χ2v) is 13.0. The normalized spacial score (nSPS) is 20.0. The van der Waals surface area contributed by atoms with Crippen molar-refractivity contribution in [3.8, 4) is 5.75 Å². The van der Waals surface area contributed by atoms with Gasteiger partial charge < -0.3 is 50.6 Å². The minimum absolute atomic E-state index is 0.0136. The van der Waals surface area contributed by atoms with Gasteiger partial charge in [0.2, 0.25) is 5.91 Å². The Morgan fingerprint density at radius 1 is 0.943 bits per heavy atom. The molecule has 7 atom stereocenters. The first-order valence-corrected chi connectivity index (χ1v) is 17.2. The Morgan fingerprint density at radius 3 is 2.28 bits per heavy atom. The fourth-order valence-electron chi connectivity index (χ4n) is 5.82. The van der Waals surface area contributed by atoms with Crippen LogP contribution in [-0.2, 0) is 32.2 Å². The van der Waals surface area contributed by atoms with Gasteiger partial charge >= 0.3 is 17.8 Å². The zero-order chi connectivity index (χ0) is 38.7. The van der Waals surface area contributed by atoms with E-state index in [2.05, 4.69) is 16.0 Å². The Morgan fingerprint density at radius 2 is 1.64 bits per heavy atom. The van der Waals surface area contributed by atoms with Crippen molar-refractivity contribution in [2.75, 3.05) is 20.2 Å². The van der Waals surface area contributed by atoms with E-state index >= 15 is 0 Å². The van der Waals surface area contributed by atoms with Crippen LogP contribution in [0.15, 0.2) is 76.4 Å². The minimum Gasteiger partial charge on any atom is -0.497 e. The zero-order valence-electron chi connectivity index (χ0n) is 29.7. The molecule has 7 N–H and O–H groups in total. The highest BCUT2D eigenvalue weighted by Gasteiger charge is 2.50. The number of hydrogen-bond donors (Lipinski definition) is 7. The monoisotopic (exact) mass is 741 g/mol. The molecule has 2 amide bonds. The summed E-state index contributed by atoms with van der Waals surface area (Å²) in [5.74, 6) is -1.31. The van der Waals surface area contributed by atoms with Crippen LogP contribution in [0.4, 0.5) is 4.79 Å². The number of carbonyl (C=O) groups excluding carboxylic acids is 2. The predicted molar refractivity (Wildman–Crippen MR) is 189 cm³/mol. The fourth-order valence-corrected chi connectivity index (χ4v) is 5.82. The van der Waals surface area contributed by atoms with Crippen LogP contribution in [-0.4, -0.2) is 104 Å². The van der Waals surface area contributed by atoms with Crippen LogP contribution >= 0.6 is 0 Å². The summed E-state index contributed by atoms with van der Waals surface area (Å²) in [7, 11) is 1.50. The molecule has 0 spiro atoms. The smallest absolute Gasteiger partial charge is 0.408 e. The first kappa shape index (κ1) is 40.7. The molecule has 0 radical (unpaired) electrons. The largest absolute Gasteiger partial charge is 0.497 e. The van der Waals surface area contributed by atoms with E-state index in [9.17, 15) is 44.4 Å². The minimum atomic E-state index is -1.90. The van der Waals surface area contributed by atoms with Gasteiger partial charge in [-0.1, -0.05) is 56.3 Å². The van der Waals surface area contributed by atoms with Crippen LogP contribution < -0.4 is 31.9 Å². The van der Waals surface area contributed by atoms with E-state index in [1.54, 1.807) is 36.4 Å². The van der Waals surface area contributed by atoms with Gasteiger partial charge in [-0.3, -0.25) is 23.5 Å². The number of nitrogens with zero attached hydrogens (tertiary/aromatic N) is 2. The van der Waals surface area contributed by atoms with E-state index in [-0.39, 0.29) is 38.6 Å². The Bertz CT molecular complexity index is 1780. The Hall–Kier alpha value is -5.07. The lowest BCUT2D eigenvalue weighted by atomic mass is 9.99. The van der Waals surface area contributed by atoms with Gasteiger partial charge in [0.1, 0.15) is 48.9 Å². The van der Waals surface area contributed by atoms with Crippen LogP contribution in [0.2, 0.25) is 0 Å². The highest BCUT2D eigenvalue weighted by molar-refractivity contribution is 5.85. The van der Waals surface area contributed by atoms with Gasteiger partial charge in [-0.05, 0) is 48.6 Å². The number of methoxy groups -OCH3 is 1. The number of rotatable bonds is 18. The fraction of sp³-hybridized carbons (Fsp3) is 0.472. The molecule has 2 heterocycles. The summed E-state index contributed by atoms with van der Waals surface area (Å²) in [5, 5.41) is 50.5. The topological polar surface area (TPSA) is 240 Å². The number of carbonyl (C=O) groups is 3. The number of nitrogens with one attached hydrogen (secondary N) is 3. The lowest BCUT2D eigenvalue weighted by molar-refractivity contribution is -0.149. The number of aromatic nitrogens is 2. The third-order valence-electron chi connectivity index (χ3n) is 8.63. The molecule has 0 bridgehead atoms. The maximum Gasteiger partial charge on any atom is 0.408 e. The van der Waals surface area contributed by atoms with Crippen molar-refractivity contribution in [3.05, 3.63) is 98.8 Å². The second-order valence-electron chi connectivity index (χ2n) is 13.0. The van der Waals surface area contributed by atoms with E-state index in [1.165, 1.54) is 7.11 Å². The van der Waals surface area contributed by atoms with Crippen LogP contribution in [0.1, 0.15) is 44.0 Å². The molecule has 1 fully saturated rings. The highest BCUT2D eigenvalue weighted by atomic mass is 16.6. The average Bonchev–Trinajstić information content (AvgIpc) is 3.43. The molecule has 0 aliphatic carbocycles. The van der Waals surface area contributed by atoms with E-state index in [1.807, 2.05) is 32.0 Å². The molecule has 4 rings (SSSR count). The number of benzene rings is 2.